The van der Waals surface area contributed by atoms with E-state index in [0.29, 0.717) is 31.7 Å². The third-order valence-corrected chi connectivity index (χ3v) is 7.62. The number of hydrogen-bond acceptors (Lipinski definition) is 6. The van der Waals surface area contributed by atoms with Crippen LogP contribution in [-0.4, -0.2) is 68.8 Å². The first-order chi connectivity index (χ1) is 15.8. The molecule has 0 radical (unpaired) electrons. The largest absolute Gasteiger partial charge is 0.462 e. The number of rotatable bonds is 8. The predicted molar refractivity (Wildman–Crippen MR) is 127 cm³/mol. The van der Waals surface area contributed by atoms with E-state index in [1.165, 1.54) is 28.6 Å². The third kappa shape index (κ3) is 5.98. The minimum Gasteiger partial charge on any atom is -0.462 e. The molecule has 178 valence electrons. The molecular weight excluding hydrogens is 442 g/mol. The molecule has 1 aliphatic rings. The predicted octanol–water partition coefficient (Wildman–Crippen LogP) is 2.68. The summed E-state index contributed by atoms with van der Waals surface area (Å²) in [5.41, 5.74) is 3.28. The summed E-state index contributed by atoms with van der Waals surface area (Å²) in [6.45, 7) is 7.70. The van der Waals surface area contributed by atoms with Crippen molar-refractivity contribution in [2.45, 2.75) is 32.1 Å². The number of aryl methyl sites for hydroxylation is 2. The van der Waals surface area contributed by atoms with E-state index in [1.807, 2.05) is 30.0 Å². The first-order valence-electron chi connectivity index (χ1n) is 11.1. The zero-order valence-electron chi connectivity index (χ0n) is 19.3. The van der Waals surface area contributed by atoms with Gasteiger partial charge in [-0.15, -0.1) is 0 Å². The SMILES string of the molecule is CCOC(=O)c1ccc(S(=O)(=O)N2CCN(CC(=O)Nc3c(C)cccc3CC)CC2)cc1. The lowest BCUT2D eigenvalue weighted by molar-refractivity contribution is -0.117. The fraction of sp³-hybridized carbons (Fsp3) is 0.417. The van der Waals surface area contributed by atoms with Crippen molar-refractivity contribution in [1.82, 2.24) is 9.21 Å². The Bertz CT molecular complexity index is 1090. The second-order valence-corrected chi connectivity index (χ2v) is 9.87. The summed E-state index contributed by atoms with van der Waals surface area (Å²) in [7, 11) is -3.68. The van der Waals surface area contributed by atoms with Crippen LogP contribution in [0.25, 0.3) is 0 Å². The Morgan fingerprint density at radius 2 is 1.67 bits per heavy atom. The van der Waals surface area contributed by atoms with Crippen LogP contribution in [0.1, 0.15) is 35.3 Å². The Hall–Kier alpha value is -2.75. The van der Waals surface area contributed by atoms with Crippen LogP contribution >= 0.6 is 0 Å². The van der Waals surface area contributed by atoms with Gasteiger partial charge < -0.3 is 10.1 Å². The molecule has 1 N–H and O–H groups in total. The van der Waals surface area contributed by atoms with Crippen LogP contribution in [0.5, 0.6) is 0 Å². The maximum Gasteiger partial charge on any atom is 0.338 e. The number of nitrogens with zero attached hydrogens (tertiary/aromatic N) is 2. The molecule has 1 heterocycles. The van der Waals surface area contributed by atoms with Crippen LogP contribution in [-0.2, 0) is 26.0 Å². The number of esters is 1. The molecule has 1 saturated heterocycles. The van der Waals surface area contributed by atoms with Gasteiger partial charge >= 0.3 is 5.97 Å². The number of carbonyl (C=O) groups is 2. The van der Waals surface area contributed by atoms with Gasteiger partial charge in [0, 0.05) is 31.9 Å². The number of carbonyl (C=O) groups excluding carboxylic acids is 2. The van der Waals surface area contributed by atoms with Gasteiger partial charge in [0.1, 0.15) is 0 Å². The first kappa shape index (κ1) is 24.9. The lowest BCUT2D eigenvalue weighted by atomic mass is 10.1. The average Bonchev–Trinajstić information content (AvgIpc) is 2.81. The highest BCUT2D eigenvalue weighted by Gasteiger charge is 2.29. The molecule has 2 aromatic rings. The molecule has 0 saturated carbocycles. The van der Waals surface area contributed by atoms with Crippen molar-refractivity contribution < 1.29 is 22.7 Å². The van der Waals surface area contributed by atoms with Crippen LogP contribution in [0.2, 0.25) is 0 Å². The number of anilines is 1. The Morgan fingerprint density at radius 3 is 2.27 bits per heavy atom. The highest BCUT2D eigenvalue weighted by molar-refractivity contribution is 7.89. The van der Waals surface area contributed by atoms with Crippen molar-refractivity contribution in [1.29, 1.82) is 0 Å². The van der Waals surface area contributed by atoms with E-state index in [9.17, 15) is 18.0 Å². The fourth-order valence-corrected chi connectivity index (χ4v) is 5.26. The number of para-hydroxylation sites is 1. The fourth-order valence-electron chi connectivity index (χ4n) is 3.84. The zero-order chi connectivity index (χ0) is 24.0. The van der Waals surface area contributed by atoms with Crippen LogP contribution in [0.4, 0.5) is 5.69 Å². The second kappa shape index (κ2) is 10.9. The van der Waals surface area contributed by atoms with Gasteiger partial charge in [-0.3, -0.25) is 9.69 Å². The molecule has 0 spiro atoms. The smallest absolute Gasteiger partial charge is 0.338 e. The number of hydrogen-bond donors (Lipinski definition) is 1. The average molecular weight is 474 g/mol. The summed E-state index contributed by atoms with van der Waals surface area (Å²) in [5, 5.41) is 3.02. The number of benzene rings is 2. The maximum absolute atomic E-state index is 13.0. The molecule has 3 rings (SSSR count). The molecule has 1 aliphatic heterocycles. The molecule has 1 fully saturated rings. The van der Waals surface area contributed by atoms with Gasteiger partial charge in [0.15, 0.2) is 0 Å². The molecule has 8 nitrogen and oxygen atoms in total. The maximum atomic E-state index is 13.0. The van der Waals surface area contributed by atoms with E-state index in [-0.39, 0.29) is 24.0 Å². The minimum atomic E-state index is -3.68. The van der Waals surface area contributed by atoms with Crippen molar-refractivity contribution in [2.24, 2.45) is 0 Å². The van der Waals surface area contributed by atoms with Crippen molar-refractivity contribution >= 4 is 27.6 Å². The molecule has 0 bridgehead atoms. The summed E-state index contributed by atoms with van der Waals surface area (Å²) in [6, 6.07) is 11.7. The Kier molecular flexibility index (Phi) is 8.23. The van der Waals surface area contributed by atoms with Gasteiger partial charge in [0.2, 0.25) is 15.9 Å². The topological polar surface area (TPSA) is 96.0 Å². The summed E-state index contributed by atoms with van der Waals surface area (Å²) in [6.07, 6.45) is 0.828. The Labute approximate surface area is 195 Å². The highest BCUT2D eigenvalue weighted by atomic mass is 32.2. The van der Waals surface area contributed by atoms with Crippen LogP contribution < -0.4 is 5.32 Å². The monoisotopic (exact) mass is 473 g/mol. The number of nitrogens with one attached hydrogen (secondary N) is 1. The van der Waals surface area contributed by atoms with Crippen molar-refractivity contribution in [3.63, 3.8) is 0 Å². The van der Waals surface area contributed by atoms with Crippen molar-refractivity contribution in [2.75, 3.05) is 44.6 Å². The number of ether oxygens (including phenoxy) is 1. The molecule has 33 heavy (non-hydrogen) atoms. The van der Waals surface area contributed by atoms with E-state index >= 15 is 0 Å². The quantitative estimate of drug-likeness (QED) is 0.592. The van der Waals surface area contributed by atoms with Crippen molar-refractivity contribution in [3.8, 4) is 0 Å². The standard InChI is InChI=1S/C24H31N3O5S/c1-4-19-8-6-7-18(3)23(19)25-22(28)17-26-13-15-27(16-14-26)33(30,31)21-11-9-20(10-12-21)24(29)32-5-2/h6-12H,4-5,13-17H2,1-3H3,(H,25,28). The minimum absolute atomic E-state index is 0.107. The van der Waals surface area contributed by atoms with Gasteiger partial charge in [-0.2, -0.15) is 4.31 Å². The lowest BCUT2D eigenvalue weighted by Crippen LogP contribution is -2.50. The highest BCUT2D eigenvalue weighted by Crippen LogP contribution is 2.22. The van der Waals surface area contributed by atoms with Crippen LogP contribution in [0.15, 0.2) is 47.4 Å². The van der Waals surface area contributed by atoms with E-state index in [4.69, 9.17) is 4.74 Å². The Balaban J connectivity index is 1.57. The van der Waals surface area contributed by atoms with Gasteiger partial charge in [0.25, 0.3) is 0 Å². The van der Waals surface area contributed by atoms with Crippen molar-refractivity contribution in [3.05, 3.63) is 59.2 Å². The second-order valence-electron chi connectivity index (χ2n) is 7.94. The summed E-state index contributed by atoms with van der Waals surface area (Å²) in [5.74, 6) is -0.588. The van der Waals surface area contributed by atoms with Gasteiger partial charge in [-0.05, 0) is 55.7 Å². The zero-order valence-corrected chi connectivity index (χ0v) is 20.2. The first-order valence-corrected chi connectivity index (χ1v) is 12.6. The molecule has 0 atom stereocenters. The third-order valence-electron chi connectivity index (χ3n) is 5.71. The number of amides is 1. The van der Waals surface area contributed by atoms with Gasteiger partial charge in [-0.1, -0.05) is 25.1 Å². The number of piperazine rings is 1. The molecule has 0 unspecified atom stereocenters. The van der Waals surface area contributed by atoms with Crippen LogP contribution in [0.3, 0.4) is 0 Å². The molecule has 1 amide bonds. The van der Waals surface area contributed by atoms with E-state index in [1.54, 1.807) is 6.92 Å². The molecule has 0 aliphatic carbocycles. The van der Waals surface area contributed by atoms with E-state index in [2.05, 4.69) is 12.2 Å². The van der Waals surface area contributed by atoms with Gasteiger partial charge in [0.05, 0.1) is 23.6 Å². The summed E-state index contributed by atoms with van der Waals surface area (Å²) >= 11 is 0. The Morgan fingerprint density at radius 1 is 1.00 bits per heavy atom. The summed E-state index contributed by atoms with van der Waals surface area (Å²) < 4.78 is 32.3. The van der Waals surface area contributed by atoms with Gasteiger partial charge in [-0.25, -0.2) is 13.2 Å². The molecule has 2 aromatic carbocycles. The normalized spacial score (nSPS) is 15.2. The van der Waals surface area contributed by atoms with E-state index in [0.717, 1.165) is 23.2 Å². The molecule has 0 aromatic heterocycles. The van der Waals surface area contributed by atoms with E-state index < -0.39 is 16.0 Å². The molecular formula is C24H31N3O5S. The molecule has 9 heteroatoms. The number of sulfonamides is 1. The van der Waals surface area contributed by atoms with Crippen LogP contribution in [0, 0.1) is 6.92 Å². The summed E-state index contributed by atoms with van der Waals surface area (Å²) in [4.78, 5) is 26.5. The lowest BCUT2D eigenvalue weighted by Gasteiger charge is -2.33.